The van der Waals surface area contributed by atoms with Crippen molar-refractivity contribution < 1.29 is 14.5 Å². The molecule has 0 bridgehead atoms. The Hall–Kier alpha value is -3.74. The molecule has 0 aliphatic carbocycles. The molecule has 1 amide bonds. The highest BCUT2D eigenvalue weighted by Gasteiger charge is 2.68. The van der Waals surface area contributed by atoms with Crippen LogP contribution in [0.3, 0.4) is 0 Å². The second-order valence-electron chi connectivity index (χ2n) is 8.74. The molecule has 0 aromatic heterocycles. The van der Waals surface area contributed by atoms with Crippen LogP contribution >= 0.6 is 15.9 Å². The van der Waals surface area contributed by atoms with Crippen LogP contribution in [0.2, 0.25) is 0 Å². The van der Waals surface area contributed by atoms with Crippen LogP contribution in [-0.4, -0.2) is 22.9 Å². The molecule has 2 aliphatic rings. The Kier molecular flexibility index (Phi) is 5.79. The topological polar surface area (TPSA) is 117 Å². The van der Waals surface area contributed by atoms with Gasteiger partial charge in [-0.25, -0.2) is 0 Å². The lowest BCUT2D eigenvalue weighted by atomic mass is 9.78. The van der Waals surface area contributed by atoms with Gasteiger partial charge in [0.05, 0.1) is 17.6 Å². The maximum Gasteiger partial charge on any atom is 0.256 e. The Bertz CT molecular complexity index is 1390. The third-order valence-electron chi connectivity index (χ3n) is 6.82. The van der Waals surface area contributed by atoms with E-state index in [9.17, 15) is 20.2 Å². The summed E-state index contributed by atoms with van der Waals surface area (Å²) in [4.78, 5) is 25.5. The Morgan fingerprint density at radius 1 is 1.17 bits per heavy atom. The number of para-hydroxylation sites is 1. The number of hydrogen-bond donors (Lipinski definition) is 2. The summed E-state index contributed by atoms with van der Waals surface area (Å²) in [5.41, 5.74) is 1.47. The molecular weight excluding hydrogens is 512 g/mol. The summed E-state index contributed by atoms with van der Waals surface area (Å²) in [6.45, 7) is 1.98. The predicted molar refractivity (Wildman–Crippen MR) is 133 cm³/mol. The molecule has 1 spiro atoms. The van der Waals surface area contributed by atoms with Gasteiger partial charge < -0.3 is 10.1 Å². The SMILES string of the molecule is C[C@@H]1N[C@]2(C(=O)Nc3ccccc32)[C@H]([N+](=O)[O-])[C@@H]1c1cc(Br)ccc1OCc1ccccc1C#N. The summed E-state index contributed by atoms with van der Waals surface area (Å²) < 4.78 is 6.87. The summed E-state index contributed by atoms with van der Waals surface area (Å²) in [6.07, 6.45) is 0. The molecule has 0 radical (unpaired) electrons. The first-order valence-corrected chi connectivity index (χ1v) is 11.9. The molecule has 0 saturated carbocycles. The number of benzene rings is 3. The quantitative estimate of drug-likeness (QED) is 0.369. The normalized spacial score (nSPS) is 24.6. The van der Waals surface area contributed by atoms with E-state index < -0.39 is 29.4 Å². The molecule has 2 heterocycles. The van der Waals surface area contributed by atoms with Gasteiger partial charge in [-0.2, -0.15) is 5.26 Å². The number of rotatable bonds is 5. The number of carbonyl (C=O) groups is 1. The summed E-state index contributed by atoms with van der Waals surface area (Å²) in [5.74, 6) is -0.633. The zero-order chi connectivity index (χ0) is 24.7. The Morgan fingerprint density at radius 2 is 1.91 bits per heavy atom. The molecule has 4 atom stereocenters. The summed E-state index contributed by atoms with van der Waals surface area (Å²) >= 11 is 3.48. The van der Waals surface area contributed by atoms with Crippen molar-refractivity contribution in [2.45, 2.75) is 37.1 Å². The molecule has 1 fully saturated rings. The molecule has 0 unspecified atom stereocenters. The number of halogens is 1. The number of carbonyl (C=O) groups excluding carboxylic acids is 1. The van der Waals surface area contributed by atoms with E-state index in [0.717, 1.165) is 4.47 Å². The first kappa shape index (κ1) is 23.0. The predicted octanol–water partition coefficient (Wildman–Crippen LogP) is 4.47. The minimum atomic E-state index is -1.50. The van der Waals surface area contributed by atoms with Crippen molar-refractivity contribution in [1.82, 2.24) is 5.32 Å². The highest BCUT2D eigenvalue weighted by Crippen LogP contribution is 2.51. The summed E-state index contributed by atoms with van der Waals surface area (Å²) in [5, 5.41) is 28.1. The van der Waals surface area contributed by atoms with E-state index in [1.54, 1.807) is 48.5 Å². The minimum absolute atomic E-state index is 0.129. The second kappa shape index (κ2) is 8.80. The smallest absolute Gasteiger partial charge is 0.256 e. The summed E-state index contributed by atoms with van der Waals surface area (Å²) in [6, 6.07) is 20.0. The molecule has 2 N–H and O–H groups in total. The van der Waals surface area contributed by atoms with Gasteiger partial charge in [0.25, 0.3) is 11.9 Å². The lowest BCUT2D eigenvalue weighted by Crippen LogP contribution is -2.54. The molecule has 3 aromatic carbocycles. The molecule has 8 nitrogen and oxygen atoms in total. The van der Waals surface area contributed by atoms with E-state index in [0.29, 0.717) is 33.7 Å². The number of nitriles is 1. The minimum Gasteiger partial charge on any atom is -0.489 e. The van der Waals surface area contributed by atoms with E-state index in [2.05, 4.69) is 32.6 Å². The van der Waals surface area contributed by atoms with Gasteiger partial charge in [0, 0.05) is 37.8 Å². The maximum absolute atomic E-state index is 13.3. The molecule has 35 heavy (non-hydrogen) atoms. The fourth-order valence-electron chi connectivity index (χ4n) is 5.34. The molecule has 1 saturated heterocycles. The second-order valence-corrected chi connectivity index (χ2v) is 9.65. The third kappa shape index (κ3) is 3.66. The largest absolute Gasteiger partial charge is 0.489 e. The molecule has 5 rings (SSSR count). The van der Waals surface area contributed by atoms with Crippen molar-refractivity contribution in [1.29, 1.82) is 5.26 Å². The van der Waals surface area contributed by atoms with E-state index in [4.69, 9.17) is 4.74 Å². The van der Waals surface area contributed by atoms with Crippen molar-refractivity contribution in [2.24, 2.45) is 0 Å². The number of amides is 1. The van der Waals surface area contributed by atoms with Gasteiger partial charge in [0.1, 0.15) is 12.4 Å². The lowest BCUT2D eigenvalue weighted by molar-refractivity contribution is -0.532. The van der Waals surface area contributed by atoms with Gasteiger partial charge in [0.15, 0.2) is 5.54 Å². The van der Waals surface area contributed by atoms with E-state index in [-0.39, 0.29) is 11.5 Å². The van der Waals surface area contributed by atoms with E-state index in [1.165, 1.54) is 0 Å². The third-order valence-corrected chi connectivity index (χ3v) is 7.31. The number of nitro groups is 1. The van der Waals surface area contributed by atoms with Crippen LogP contribution in [0.25, 0.3) is 0 Å². The van der Waals surface area contributed by atoms with Crippen LogP contribution in [-0.2, 0) is 16.9 Å². The average Bonchev–Trinajstić information content (AvgIpc) is 3.31. The van der Waals surface area contributed by atoms with Crippen LogP contribution in [0.5, 0.6) is 5.75 Å². The number of ether oxygens (including phenoxy) is 1. The number of hydrogen-bond acceptors (Lipinski definition) is 6. The fraction of sp³-hybridized carbons (Fsp3) is 0.231. The Morgan fingerprint density at radius 3 is 2.69 bits per heavy atom. The number of anilines is 1. The van der Waals surface area contributed by atoms with Crippen molar-refractivity contribution in [2.75, 3.05) is 5.32 Å². The van der Waals surface area contributed by atoms with Crippen LogP contribution in [0.4, 0.5) is 5.69 Å². The molecule has 176 valence electrons. The van der Waals surface area contributed by atoms with E-state index in [1.807, 2.05) is 25.1 Å². The van der Waals surface area contributed by atoms with Gasteiger partial charge in [0.2, 0.25) is 0 Å². The highest BCUT2D eigenvalue weighted by molar-refractivity contribution is 9.10. The molecule has 9 heteroatoms. The summed E-state index contributed by atoms with van der Waals surface area (Å²) in [7, 11) is 0. The van der Waals surface area contributed by atoms with E-state index >= 15 is 0 Å². The Labute approximate surface area is 210 Å². The van der Waals surface area contributed by atoms with Crippen molar-refractivity contribution in [3.8, 4) is 11.8 Å². The zero-order valence-corrected chi connectivity index (χ0v) is 20.3. The standard InChI is InChI=1S/C26H21BrN4O4/c1-15-23(24(31(33)34)26(30-15)20-8-4-5-9-21(20)29-25(26)32)19-12-18(27)10-11-22(19)35-14-17-7-3-2-6-16(17)13-28/h2-12,15,23-24,30H,14H2,1H3,(H,29,32)/t15-,23-,24+,26-/m0/s1. The number of fused-ring (bicyclic) bond motifs is 2. The highest BCUT2D eigenvalue weighted by atomic mass is 79.9. The lowest BCUT2D eigenvalue weighted by Gasteiger charge is -2.26. The zero-order valence-electron chi connectivity index (χ0n) is 18.7. The van der Waals surface area contributed by atoms with Crippen molar-refractivity contribution in [3.63, 3.8) is 0 Å². The molecule has 3 aromatic rings. The van der Waals surface area contributed by atoms with Crippen LogP contribution < -0.4 is 15.4 Å². The first-order chi connectivity index (χ1) is 16.9. The first-order valence-electron chi connectivity index (χ1n) is 11.1. The Balaban J connectivity index is 1.58. The number of nitrogens with zero attached hydrogens (tertiary/aromatic N) is 2. The van der Waals surface area contributed by atoms with Crippen molar-refractivity contribution >= 4 is 27.5 Å². The van der Waals surface area contributed by atoms with Crippen molar-refractivity contribution in [3.05, 3.63) is 104 Å². The maximum atomic E-state index is 13.3. The van der Waals surface area contributed by atoms with Crippen LogP contribution in [0.1, 0.15) is 35.1 Å². The van der Waals surface area contributed by atoms with Gasteiger partial charge in [-0.15, -0.1) is 0 Å². The van der Waals surface area contributed by atoms with Crippen LogP contribution in [0.15, 0.2) is 71.2 Å². The average molecular weight is 533 g/mol. The van der Waals surface area contributed by atoms with Crippen LogP contribution in [0, 0.1) is 21.4 Å². The molecule has 2 aliphatic heterocycles. The number of nitrogens with one attached hydrogen (secondary N) is 2. The monoisotopic (exact) mass is 532 g/mol. The van der Waals surface area contributed by atoms with Gasteiger partial charge in [-0.1, -0.05) is 52.3 Å². The van der Waals surface area contributed by atoms with Gasteiger partial charge in [-0.3, -0.25) is 20.2 Å². The van der Waals surface area contributed by atoms with Gasteiger partial charge >= 0.3 is 0 Å². The fourth-order valence-corrected chi connectivity index (χ4v) is 5.72. The molecular formula is C26H21BrN4O4. The van der Waals surface area contributed by atoms with Gasteiger partial charge in [-0.05, 0) is 37.3 Å².